The Balaban J connectivity index is 1.43. The molecule has 0 spiro atoms. The van der Waals surface area contributed by atoms with E-state index in [4.69, 9.17) is 0 Å². The van der Waals surface area contributed by atoms with E-state index in [0.29, 0.717) is 5.69 Å². The van der Waals surface area contributed by atoms with E-state index in [0.717, 1.165) is 43.0 Å². The topological polar surface area (TPSA) is 87.2 Å². The lowest BCUT2D eigenvalue weighted by molar-refractivity contribution is -0.137. The Labute approximate surface area is 171 Å². The first-order chi connectivity index (χ1) is 14.1. The molecule has 30 heavy (non-hydrogen) atoms. The number of aromatic nitrogens is 2. The van der Waals surface area contributed by atoms with Crippen molar-refractivity contribution in [2.24, 2.45) is 0 Å². The fourth-order valence-corrected chi connectivity index (χ4v) is 5.75. The van der Waals surface area contributed by atoms with Gasteiger partial charge in [0.05, 0.1) is 18.3 Å². The lowest BCUT2D eigenvalue weighted by Crippen LogP contribution is -2.26. The summed E-state index contributed by atoms with van der Waals surface area (Å²) in [6, 6.07) is 5.13. The zero-order chi connectivity index (χ0) is 21.3. The zero-order valence-corrected chi connectivity index (χ0v) is 16.9. The maximum absolute atomic E-state index is 13.3. The van der Waals surface area contributed by atoms with Gasteiger partial charge in [-0.2, -0.15) is 22.5 Å². The number of sulfonamides is 1. The van der Waals surface area contributed by atoms with Crippen LogP contribution in [0.1, 0.15) is 54.5 Å². The molecular weight excluding hydrogens is 419 g/mol. The third kappa shape index (κ3) is 3.39. The third-order valence-corrected chi connectivity index (χ3v) is 7.06. The number of alkyl halides is 3. The van der Waals surface area contributed by atoms with E-state index in [1.165, 1.54) is 6.26 Å². The van der Waals surface area contributed by atoms with Crippen molar-refractivity contribution in [1.29, 1.82) is 0 Å². The first-order valence-electron chi connectivity index (χ1n) is 9.71. The summed E-state index contributed by atoms with van der Waals surface area (Å²) in [6.07, 6.45) is 0.616. The summed E-state index contributed by atoms with van der Waals surface area (Å²) in [4.78, 5) is 7.89. The molecule has 1 aliphatic carbocycles. The molecule has 7 nitrogen and oxygen atoms in total. The molecule has 1 aromatic carbocycles. The maximum Gasteiger partial charge on any atom is 0.421 e. The molecule has 2 atom stereocenters. The molecule has 160 valence electrons. The van der Waals surface area contributed by atoms with E-state index >= 15 is 0 Å². The summed E-state index contributed by atoms with van der Waals surface area (Å²) < 4.78 is 65.7. The molecule has 0 radical (unpaired) electrons. The average Bonchev–Trinajstić information content (AvgIpc) is 3.25. The van der Waals surface area contributed by atoms with Gasteiger partial charge in [-0.3, -0.25) is 0 Å². The molecule has 1 aromatic heterocycles. The predicted molar refractivity (Wildman–Crippen MR) is 105 cm³/mol. The number of benzene rings is 1. The Morgan fingerprint density at radius 2 is 1.80 bits per heavy atom. The summed E-state index contributed by atoms with van der Waals surface area (Å²) in [7, 11) is -3.33. The third-order valence-electron chi connectivity index (χ3n) is 5.78. The van der Waals surface area contributed by atoms with Gasteiger partial charge in [0.1, 0.15) is 11.4 Å². The molecule has 1 saturated heterocycles. The first kappa shape index (κ1) is 19.6. The number of halogens is 3. The van der Waals surface area contributed by atoms with Crippen LogP contribution in [0.5, 0.6) is 0 Å². The van der Waals surface area contributed by atoms with Crippen molar-refractivity contribution >= 4 is 27.5 Å². The number of nitrogens with one attached hydrogen (secondary N) is 2. The summed E-state index contributed by atoms with van der Waals surface area (Å²) in [5.41, 5.74) is 1.61. The second-order valence-electron chi connectivity index (χ2n) is 8.04. The molecule has 2 bridgehead atoms. The Bertz CT molecular complexity index is 1120. The van der Waals surface area contributed by atoms with Gasteiger partial charge in [0.25, 0.3) is 0 Å². The van der Waals surface area contributed by atoms with Gasteiger partial charge in [0, 0.05) is 17.9 Å². The number of fused-ring (bicyclic) bond motifs is 5. The lowest BCUT2D eigenvalue weighted by Gasteiger charge is -2.18. The predicted octanol–water partition coefficient (Wildman–Crippen LogP) is 3.96. The quantitative estimate of drug-likeness (QED) is 0.733. The van der Waals surface area contributed by atoms with Crippen LogP contribution in [0, 0.1) is 0 Å². The highest BCUT2D eigenvalue weighted by Crippen LogP contribution is 2.54. The highest BCUT2D eigenvalue weighted by molar-refractivity contribution is 7.88. The van der Waals surface area contributed by atoms with Crippen molar-refractivity contribution in [3.05, 3.63) is 41.1 Å². The van der Waals surface area contributed by atoms with Crippen LogP contribution in [0.4, 0.5) is 30.6 Å². The minimum atomic E-state index is -4.54. The summed E-state index contributed by atoms with van der Waals surface area (Å²) in [6.45, 7) is 0. The molecule has 11 heteroatoms. The molecule has 1 saturated carbocycles. The van der Waals surface area contributed by atoms with Crippen LogP contribution in [0.15, 0.2) is 24.4 Å². The molecule has 2 aromatic rings. The minimum absolute atomic E-state index is 0.00590. The monoisotopic (exact) mass is 439 g/mol. The molecule has 3 aliphatic rings. The van der Waals surface area contributed by atoms with Gasteiger partial charge in [-0.25, -0.2) is 13.4 Å². The second kappa shape index (κ2) is 6.55. The summed E-state index contributed by atoms with van der Waals surface area (Å²) in [5, 5.41) is 5.78. The van der Waals surface area contributed by atoms with Crippen molar-refractivity contribution in [3.63, 3.8) is 0 Å². The van der Waals surface area contributed by atoms with Gasteiger partial charge in [0.2, 0.25) is 16.0 Å². The van der Waals surface area contributed by atoms with Crippen molar-refractivity contribution in [3.8, 4) is 0 Å². The van der Waals surface area contributed by atoms with Gasteiger partial charge in [-0.15, -0.1) is 0 Å². The molecule has 2 N–H and O–H groups in total. The zero-order valence-electron chi connectivity index (χ0n) is 16.1. The second-order valence-corrected chi connectivity index (χ2v) is 9.93. The van der Waals surface area contributed by atoms with Gasteiger partial charge >= 0.3 is 6.18 Å². The van der Waals surface area contributed by atoms with Crippen LogP contribution in [-0.4, -0.2) is 35.0 Å². The molecule has 0 unspecified atom stereocenters. The maximum atomic E-state index is 13.3. The SMILES string of the molecule is CS(=O)(=O)N1[C@@H]2CC[C@H]1c1cc(Nc3ncc(C(F)(F)F)c(NC4CC4)n3)ccc12. The van der Waals surface area contributed by atoms with Crippen LogP contribution in [-0.2, 0) is 16.2 Å². The van der Waals surface area contributed by atoms with Crippen molar-refractivity contribution in [2.75, 3.05) is 16.9 Å². The van der Waals surface area contributed by atoms with Crippen molar-refractivity contribution in [1.82, 2.24) is 14.3 Å². The molecule has 2 aliphatic heterocycles. The minimum Gasteiger partial charge on any atom is -0.367 e. The highest BCUT2D eigenvalue weighted by Gasteiger charge is 2.48. The Kier molecular flexibility index (Phi) is 4.27. The smallest absolute Gasteiger partial charge is 0.367 e. The van der Waals surface area contributed by atoms with Crippen LogP contribution >= 0.6 is 0 Å². The molecule has 0 amide bonds. The van der Waals surface area contributed by atoms with E-state index in [1.54, 1.807) is 10.4 Å². The van der Waals surface area contributed by atoms with Crippen LogP contribution in [0.3, 0.4) is 0 Å². The number of hydrogen-bond acceptors (Lipinski definition) is 6. The number of anilines is 3. The fraction of sp³-hybridized carbons (Fsp3) is 0.474. The normalized spacial score (nSPS) is 23.5. The number of nitrogens with zero attached hydrogens (tertiary/aromatic N) is 3. The van der Waals surface area contributed by atoms with Crippen LogP contribution in [0.2, 0.25) is 0 Å². The van der Waals surface area contributed by atoms with Crippen LogP contribution < -0.4 is 10.6 Å². The molecule has 5 rings (SSSR count). The average molecular weight is 439 g/mol. The summed E-state index contributed by atoms with van der Waals surface area (Å²) in [5.74, 6) is -0.180. The van der Waals surface area contributed by atoms with E-state index in [1.807, 2.05) is 12.1 Å². The van der Waals surface area contributed by atoms with E-state index in [9.17, 15) is 21.6 Å². The van der Waals surface area contributed by atoms with Gasteiger partial charge in [-0.1, -0.05) is 6.07 Å². The van der Waals surface area contributed by atoms with Crippen molar-refractivity contribution < 1.29 is 21.6 Å². The van der Waals surface area contributed by atoms with Crippen molar-refractivity contribution in [2.45, 2.75) is 50.0 Å². The Hall–Kier alpha value is -2.40. The molecular formula is C19H20F3N5O2S. The largest absolute Gasteiger partial charge is 0.421 e. The number of hydrogen-bond donors (Lipinski definition) is 2. The van der Waals surface area contributed by atoms with Gasteiger partial charge in [-0.05, 0) is 48.9 Å². The molecule has 2 fully saturated rings. The molecule has 3 heterocycles. The fourth-order valence-electron chi connectivity index (χ4n) is 4.39. The first-order valence-corrected chi connectivity index (χ1v) is 11.6. The standard InChI is InChI=1S/C19H20F3N5O2S/c1-30(28,29)27-15-6-7-16(27)13-8-11(4-5-12(13)15)25-18-23-9-14(19(20,21)22)17(26-18)24-10-2-3-10/h4-5,8-10,15-16H,2-3,6-7H2,1H3,(H2,23,24,25,26)/t15-,16+/m1/s1. The van der Waals surface area contributed by atoms with E-state index < -0.39 is 21.8 Å². The van der Waals surface area contributed by atoms with Gasteiger partial charge < -0.3 is 10.6 Å². The number of rotatable bonds is 5. The Morgan fingerprint density at radius 3 is 2.43 bits per heavy atom. The van der Waals surface area contributed by atoms with E-state index in [-0.39, 0.29) is 29.9 Å². The summed E-state index contributed by atoms with van der Waals surface area (Å²) >= 11 is 0. The Morgan fingerprint density at radius 1 is 1.10 bits per heavy atom. The van der Waals surface area contributed by atoms with Crippen LogP contribution in [0.25, 0.3) is 0 Å². The lowest BCUT2D eigenvalue weighted by atomic mass is 9.91. The van der Waals surface area contributed by atoms with E-state index in [2.05, 4.69) is 20.6 Å². The highest BCUT2D eigenvalue weighted by atomic mass is 32.2. The van der Waals surface area contributed by atoms with Gasteiger partial charge in [0.15, 0.2) is 0 Å².